The zero-order valence-corrected chi connectivity index (χ0v) is 5.89. The van der Waals surface area contributed by atoms with Gasteiger partial charge < -0.3 is 9.84 Å². The van der Waals surface area contributed by atoms with Crippen molar-refractivity contribution >= 4 is 5.97 Å². The monoisotopic (exact) mass is 157 g/mol. The largest absolute Gasteiger partial charge is 0.476 e. The van der Waals surface area contributed by atoms with Crippen molar-refractivity contribution in [1.82, 2.24) is 15.0 Å². The number of hydrogen-bond acceptors (Lipinski definition) is 4. The molecule has 1 aromatic heterocycles. The molecular formula is C5H7N3O3. The van der Waals surface area contributed by atoms with Crippen LogP contribution in [0.15, 0.2) is 6.20 Å². The number of methoxy groups -OCH3 is 1. The third kappa shape index (κ3) is 1.53. The quantitative estimate of drug-likeness (QED) is 0.644. The van der Waals surface area contributed by atoms with E-state index in [0.717, 1.165) is 4.68 Å². The zero-order valence-electron chi connectivity index (χ0n) is 5.89. The van der Waals surface area contributed by atoms with E-state index in [4.69, 9.17) is 5.11 Å². The van der Waals surface area contributed by atoms with Crippen molar-refractivity contribution in [2.75, 3.05) is 7.11 Å². The van der Waals surface area contributed by atoms with Crippen molar-refractivity contribution < 1.29 is 14.6 Å². The average molecular weight is 157 g/mol. The predicted octanol–water partition coefficient (Wildman–Crippen LogP) is -0.420. The van der Waals surface area contributed by atoms with Crippen molar-refractivity contribution in [1.29, 1.82) is 0 Å². The van der Waals surface area contributed by atoms with Crippen LogP contribution in [-0.2, 0) is 11.5 Å². The van der Waals surface area contributed by atoms with Gasteiger partial charge in [-0.25, -0.2) is 9.48 Å². The van der Waals surface area contributed by atoms with Crippen LogP contribution in [-0.4, -0.2) is 33.2 Å². The first-order chi connectivity index (χ1) is 5.25. The molecule has 0 aliphatic carbocycles. The molecule has 0 atom stereocenters. The van der Waals surface area contributed by atoms with Gasteiger partial charge in [-0.05, 0) is 0 Å². The van der Waals surface area contributed by atoms with E-state index in [2.05, 4.69) is 15.0 Å². The Balaban J connectivity index is 2.87. The summed E-state index contributed by atoms with van der Waals surface area (Å²) >= 11 is 0. The zero-order chi connectivity index (χ0) is 8.27. The van der Waals surface area contributed by atoms with E-state index >= 15 is 0 Å². The lowest BCUT2D eigenvalue weighted by atomic mass is 10.5. The summed E-state index contributed by atoms with van der Waals surface area (Å²) in [7, 11) is 1.45. The number of carboxylic acids is 1. The molecule has 1 aromatic rings. The summed E-state index contributed by atoms with van der Waals surface area (Å²) in [6.07, 6.45) is 1.17. The maximum absolute atomic E-state index is 10.4. The maximum Gasteiger partial charge on any atom is 0.355 e. The first kappa shape index (κ1) is 7.67. The number of aromatic nitrogens is 3. The predicted molar refractivity (Wildman–Crippen MR) is 34.0 cm³/mol. The molecule has 0 radical (unpaired) electrons. The smallest absolute Gasteiger partial charge is 0.355 e. The van der Waals surface area contributed by atoms with Crippen LogP contribution in [0.25, 0.3) is 0 Å². The highest BCUT2D eigenvalue weighted by Gasteiger charge is 2.09. The lowest BCUT2D eigenvalue weighted by Gasteiger charge is -1.98. The molecule has 1 rings (SSSR count). The van der Waals surface area contributed by atoms with E-state index in [1.54, 1.807) is 0 Å². The second-order valence-corrected chi connectivity index (χ2v) is 1.84. The Hall–Kier alpha value is -1.43. The lowest BCUT2D eigenvalue weighted by Crippen LogP contribution is -2.10. The summed E-state index contributed by atoms with van der Waals surface area (Å²) in [6, 6.07) is 0. The van der Waals surface area contributed by atoms with E-state index < -0.39 is 5.97 Å². The van der Waals surface area contributed by atoms with Crippen LogP contribution in [0.5, 0.6) is 0 Å². The first-order valence-electron chi connectivity index (χ1n) is 2.86. The topological polar surface area (TPSA) is 77.2 Å². The van der Waals surface area contributed by atoms with E-state index in [0.29, 0.717) is 0 Å². The molecule has 0 saturated heterocycles. The van der Waals surface area contributed by atoms with Gasteiger partial charge in [0.05, 0.1) is 6.20 Å². The highest BCUT2D eigenvalue weighted by atomic mass is 16.5. The Morgan fingerprint density at radius 1 is 1.91 bits per heavy atom. The molecule has 0 saturated carbocycles. The number of aromatic carboxylic acids is 1. The Kier molecular flexibility index (Phi) is 2.17. The Bertz CT molecular complexity index is 257. The number of nitrogens with zero attached hydrogens (tertiary/aromatic N) is 3. The molecule has 6 nitrogen and oxygen atoms in total. The van der Waals surface area contributed by atoms with Gasteiger partial charge in [0.2, 0.25) is 0 Å². The molecule has 1 heterocycles. The van der Waals surface area contributed by atoms with Gasteiger partial charge in [0.25, 0.3) is 0 Å². The van der Waals surface area contributed by atoms with Gasteiger partial charge in [0.15, 0.2) is 5.69 Å². The molecule has 0 amide bonds. The molecule has 0 aliphatic rings. The van der Waals surface area contributed by atoms with Crippen molar-refractivity contribution in [3.8, 4) is 0 Å². The number of ether oxygens (including phenoxy) is 1. The fourth-order valence-electron chi connectivity index (χ4n) is 0.641. The summed E-state index contributed by atoms with van der Waals surface area (Å²) < 4.78 is 5.83. The minimum Gasteiger partial charge on any atom is -0.476 e. The molecule has 0 aliphatic heterocycles. The van der Waals surface area contributed by atoms with Gasteiger partial charge in [-0.3, -0.25) is 0 Å². The van der Waals surface area contributed by atoms with Crippen LogP contribution in [0.3, 0.4) is 0 Å². The summed E-state index contributed by atoms with van der Waals surface area (Å²) in [4.78, 5) is 10.4. The highest BCUT2D eigenvalue weighted by molar-refractivity contribution is 5.84. The molecule has 1 N–H and O–H groups in total. The van der Waals surface area contributed by atoms with E-state index in [9.17, 15) is 4.79 Å². The molecule has 0 aromatic carbocycles. The van der Waals surface area contributed by atoms with Gasteiger partial charge in [0.1, 0.15) is 6.73 Å². The second kappa shape index (κ2) is 3.11. The molecule has 6 heteroatoms. The number of hydrogen-bond donors (Lipinski definition) is 1. The fraction of sp³-hybridized carbons (Fsp3) is 0.400. The Morgan fingerprint density at radius 3 is 3.18 bits per heavy atom. The van der Waals surface area contributed by atoms with E-state index in [1.807, 2.05) is 0 Å². The van der Waals surface area contributed by atoms with Crippen molar-refractivity contribution in [2.24, 2.45) is 0 Å². The van der Waals surface area contributed by atoms with Crippen LogP contribution >= 0.6 is 0 Å². The fourth-order valence-corrected chi connectivity index (χ4v) is 0.641. The standard InChI is InChI=1S/C5H7N3O3/c1-11-3-8-4(5(9)10)2-6-7-8/h2H,3H2,1H3,(H,9,10). The minimum absolute atomic E-state index is 0.0202. The van der Waals surface area contributed by atoms with Crippen LogP contribution in [0.2, 0.25) is 0 Å². The molecular weight excluding hydrogens is 150 g/mol. The van der Waals surface area contributed by atoms with Gasteiger partial charge >= 0.3 is 5.97 Å². The lowest BCUT2D eigenvalue weighted by molar-refractivity contribution is 0.0650. The van der Waals surface area contributed by atoms with Gasteiger partial charge in [-0.2, -0.15) is 0 Å². The summed E-state index contributed by atoms with van der Waals surface area (Å²) in [5.41, 5.74) is 0.0202. The van der Waals surface area contributed by atoms with Crippen LogP contribution in [0.4, 0.5) is 0 Å². The van der Waals surface area contributed by atoms with Gasteiger partial charge in [-0.15, -0.1) is 5.10 Å². The third-order valence-electron chi connectivity index (χ3n) is 1.09. The van der Waals surface area contributed by atoms with E-state index in [-0.39, 0.29) is 12.4 Å². The van der Waals surface area contributed by atoms with E-state index in [1.165, 1.54) is 13.3 Å². The average Bonchev–Trinajstić information content (AvgIpc) is 2.36. The van der Waals surface area contributed by atoms with Crippen molar-refractivity contribution in [3.63, 3.8) is 0 Å². The van der Waals surface area contributed by atoms with Crippen molar-refractivity contribution in [2.45, 2.75) is 6.73 Å². The second-order valence-electron chi connectivity index (χ2n) is 1.84. The summed E-state index contributed by atoms with van der Waals surface area (Å²) in [6.45, 7) is 0.0988. The molecule has 60 valence electrons. The maximum atomic E-state index is 10.4. The molecule has 0 spiro atoms. The minimum atomic E-state index is -1.06. The van der Waals surface area contributed by atoms with Crippen LogP contribution in [0, 0.1) is 0 Å². The molecule has 0 bridgehead atoms. The SMILES string of the molecule is COCn1nncc1C(=O)O. The van der Waals surface area contributed by atoms with Gasteiger partial charge in [-0.1, -0.05) is 5.21 Å². The molecule has 11 heavy (non-hydrogen) atoms. The van der Waals surface area contributed by atoms with Crippen molar-refractivity contribution in [3.05, 3.63) is 11.9 Å². The summed E-state index contributed by atoms with van der Waals surface area (Å²) in [5, 5.41) is 15.4. The highest BCUT2D eigenvalue weighted by Crippen LogP contribution is 1.94. The number of rotatable bonds is 3. The number of carbonyl (C=O) groups is 1. The molecule has 0 unspecified atom stereocenters. The van der Waals surface area contributed by atoms with Crippen LogP contribution in [0.1, 0.15) is 10.5 Å². The van der Waals surface area contributed by atoms with Gasteiger partial charge in [0, 0.05) is 7.11 Å². The summed E-state index contributed by atoms with van der Waals surface area (Å²) in [5.74, 6) is -1.06. The first-order valence-corrected chi connectivity index (χ1v) is 2.86. The normalized spacial score (nSPS) is 9.91. The van der Waals surface area contributed by atoms with Crippen LogP contribution < -0.4 is 0 Å². The third-order valence-corrected chi connectivity index (χ3v) is 1.09. The Labute approximate surface area is 62.4 Å². The Morgan fingerprint density at radius 2 is 2.64 bits per heavy atom. The molecule has 0 fully saturated rings. The number of carboxylic acid groups (broad SMARTS) is 1.